The standard InChI is InChI=1S/C22H19N3O4/c1-3-15(13-12-14(2)22(28)29)25-21(17-9-5-7-11-19(17)27)23-20(24-25)16-8-4-6-10-18(16)26/h3-13,26-27H,1H2,2H3,(H,28,29)/b14-12+,15-13+. The van der Waals surface area contributed by atoms with Crippen LogP contribution < -0.4 is 0 Å². The summed E-state index contributed by atoms with van der Waals surface area (Å²) in [4.78, 5) is 15.6. The number of carboxylic acid groups (broad SMARTS) is 1. The van der Waals surface area contributed by atoms with Gasteiger partial charge >= 0.3 is 5.97 Å². The second-order valence-electron chi connectivity index (χ2n) is 6.16. The van der Waals surface area contributed by atoms with Crippen molar-refractivity contribution in [1.29, 1.82) is 0 Å². The van der Waals surface area contributed by atoms with Gasteiger partial charge in [-0.3, -0.25) is 0 Å². The first kappa shape index (κ1) is 19.6. The summed E-state index contributed by atoms with van der Waals surface area (Å²) in [5, 5.41) is 34.0. The number of benzene rings is 2. The van der Waals surface area contributed by atoms with Crippen molar-refractivity contribution in [1.82, 2.24) is 14.8 Å². The Hall–Kier alpha value is -4.13. The van der Waals surface area contributed by atoms with Crippen LogP contribution in [0, 0.1) is 0 Å². The molecule has 1 heterocycles. The van der Waals surface area contributed by atoms with E-state index >= 15 is 0 Å². The number of phenolic OH excluding ortho intramolecular Hbond substituents is 2. The van der Waals surface area contributed by atoms with E-state index in [1.54, 1.807) is 42.5 Å². The fraction of sp³-hybridized carbons (Fsp3) is 0.0455. The van der Waals surface area contributed by atoms with Crippen molar-refractivity contribution in [2.75, 3.05) is 0 Å². The van der Waals surface area contributed by atoms with E-state index in [1.165, 1.54) is 35.9 Å². The molecule has 0 radical (unpaired) electrons. The molecule has 0 amide bonds. The zero-order valence-electron chi connectivity index (χ0n) is 15.6. The summed E-state index contributed by atoms with van der Waals surface area (Å²) in [6, 6.07) is 13.3. The largest absolute Gasteiger partial charge is 0.507 e. The van der Waals surface area contributed by atoms with Gasteiger partial charge in [-0.05, 0) is 49.4 Å². The van der Waals surface area contributed by atoms with E-state index in [0.29, 0.717) is 22.6 Å². The van der Waals surface area contributed by atoms with Gasteiger partial charge in [0.2, 0.25) is 0 Å². The molecule has 7 nitrogen and oxygen atoms in total. The van der Waals surface area contributed by atoms with E-state index in [0.717, 1.165) is 0 Å². The van der Waals surface area contributed by atoms with Crippen LogP contribution in [0.4, 0.5) is 0 Å². The van der Waals surface area contributed by atoms with Crippen molar-refractivity contribution in [2.24, 2.45) is 0 Å². The topological polar surface area (TPSA) is 108 Å². The lowest BCUT2D eigenvalue weighted by molar-refractivity contribution is -0.132. The number of aromatic hydroxyl groups is 2. The first-order valence-corrected chi connectivity index (χ1v) is 8.71. The Labute approximate surface area is 167 Å². The molecule has 0 aliphatic carbocycles. The summed E-state index contributed by atoms with van der Waals surface area (Å²) in [6.07, 6.45) is 4.47. The zero-order chi connectivity index (χ0) is 21.0. The average molecular weight is 389 g/mol. The molecular weight excluding hydrogens is 370 g/mol. The molecule has 0 unspecified atom stereocenters. The summed E-state index contributed by atoms with van der Waals surface area (Å²) >= 11 is 0. The summed E-state index contributed by atoms with van der Waals surface area (Å²) in [7, 11) is 0. The number of carbonyl (C=O) groups is 1. The third-order valence-corrected chi connectivity index (χ3v) is 4.19. The van der Waals surface area contributed by atoms with E-state index in [-0.39, 0.29) is 22.9 Å². The predicted molar refractivity (Wildman–Crippen MR) is 110 cm³/mol. The number of allylic oxidation sites excluding steroid dienone is 4. The highest BCUT2D eigenvalue weighted by atomic mass is 16.4. The summed E-state index contributed by atoms with van der Waals surface area (Å²) in [5.74, 6) is -0.467. The van der Waals surface area contributed by atoms with E-state index in [9.17, 15) is 15.0 Å². The number of hydrogen-bond donors (Lipinski definition) is 3. The molecule has 0 fully saturated rings. The lowest BCUT2D eigenvalue weighted by Crippen LogP contribution is -2.01. The molecule has 3 aromatic rings. The second-order valence-corrected chi connectivity index (χ2v) is 6.16. The Bertz CT molecular complexity index is 1140. The van der Waals surface area contributed by atoms with Gasteiger partial charge in [0.15, 0.2) is 11.6 Å². The highest BCUT2D eigenvalue weighted by Gasteiger charge is 2.19. The summed E-state index contributed by atoms with van der Waals surface area (Å²) in [6.45, 7) is 5.24. The number of phenols is 2. The van der Waals surface area contributed by atoms with Gasteiger partial charge in [-0.1, -0.05) is 30.8 Å². The zero-order valence-corrected chi connectivity index (χ0v) is 15.6. The van der Waals surface area contributed by atoms with Crippen LogP contribution in [0.5, 0.6) is 11.5 Å². The van der Waals surface area contributed by atoms with E-state index < -0.39 is 5.97 Å². The molecule has 1 aromatic heterocycles. The molecule has 0 aliphatic heterocycles. The van der Waals surface area contributed by atoms with Gasteiger partial charge in [0.25, 0.3) is 0 Å². The van der Waals surface area contributed by atoms with Crippen LogP contribution in [0.25, 0.3) is 28.5 Å². The Morgan fingerprint density at radius 3 is 2.14 bits per heavy atom. The number of aromatic nitrogens is 3. The normalized spacial score (nSPS) is 12.0. The molecule has 3 rings (SSSR count). The molecule has 2 aromatic carbocycles. The van der Waals surface area contributed by atoms with Gasteiger partial charge < -0.3 is 15.3 Å². The monoisotopic (exact) mass is 389 g/mol. The smallest absolute Gasteiger partial charge is 0.331 e. The number of para-hydroxylation sites is 2. The van der Waals surface area contributed by atoms with Crippen molar-refractivity contribution in [2.45, 2.75) is 6.92 Å². The van der Waals surface area contributed by atoms with Crippen LogP contribution in [-0.2, 0) is 4.79 Å². The minimum absolute atomic E-state index is 0.00524. The average Bonchev–Trinajstić information content (AvgIpc) is 3.13. The van der Waals surface area contributed by atoms with Crippen LogP contribution in [0.15, 0.2) is 78.9 Å². The first-order valence-electron chi connectivity index (χ1n) is 8.71. The van der Waals surface area contributed by atoms with Crippen molar-refractivity contribution in [3.63, 3.8) is 0 Å². The molecule has 0 spiro atoms. The van der Waals surface area contributed by atoms with E-state index in [2.05, 4.69) is 16.7 Å². The summed E-state index contributed by atoms with van der Waals surface area (Å²) < 4.78 is 1.44. The number of nitrogens with zero attached hydrogens (tertiary/aromatic N) is 3. The van der Waals surface area contributed by atoms with Crippen LogP contribution in [0.2, 0.25) is 0 Å². The lowest BCUT2D eigenvalue weighted by atomic mass is 10.1. The molecule has 0 atom stereocenters. The second kappa shape index (κ2) is 8.26. The SMILES string of the molecule is C=C/C(=C\C=C(/C)C(=O)O)n1nc(-c2ccccc2O)nc1-c1ccccc1O. The van der Waals surface area contributed by atoms with Gasteiger partial charge in [-0.2, -0.15) is 0 Å². The number of rotatable bonds is 6. The molecule has 3 N–H and O–H groups in total. The van der Waals surface area contributed by atoms with Crippen LogP contribution in [-0.4, -0.2) is 36.1 Å². The van der Waals surface area contributed by atoms with Crippen LogP contribution >= 0.6 is 0 Å². The highest BCUT2D eigenvalue weighted by Crippen LogP contribution is 2.33. The van der Waals surface area contributed by atoms with Gasteiger partial charge in [0.1, 0.15) is 11.5 Å². The first-order chi connectivity index (χ1) is 13.9. The van der Waals surface area contributed by atoms with Crippen molar-refractivity contribution in [3.05, 3.63) is 78.9 Å². The maximum absolute atomic E-state index is 11.1. The van der Waals surface area contributed by atoms with Crippen LogP contribution in [0.3, 0.4) is 0 Å². The van der Waals surface area contributed by atoms with Gasteiger partial charge in [0, 0.05) is 5.57 Å². The predicted octanol–water partition coefficient (Wildman–Crippen LogP) is 4.08. The highest BCUT2D eigenvalue weighted by molar-refractivity contribution is 5.86. The molecule has 146 valence electrons. The third-order valence-electron chi connectivity index (χ3n) is 4.19. The lowest BCUT2D eigenvalue weighted by Gasteiger charge is -2.07. The fourth-order valence-corrected chi connectivity index (χ4v) is 2.61. The maximum atomic E-state index is 11.1. The number of carboxylic acids is 1. The molecule has 0 saturated heterocycles. The molecule has 0 bridgehead atoms. The van der Waals surface area contributed by atoms with Crippen LogP contribution in [0.1, 0.15) is 6.92 Å². The Morgan fingerprint density at radius 2 is 1.59 bits per heavy atom. The number of aliphatic carboxylic acids is 1. The third kappa shape index (κ3) is 4.08. The Balaban J connectivity index is 2.24. The fourth-order valence-electron chi connectivity index (χ4n) is 2.61. The molecule has 0 aliphatic rings. The Kier molecular flexibility index (Phi) is 5.59. The molecule has 7 heteroatoms. The number of hydrogen-bond acceptors (Lipinski definition) is 5. The molecule has 29 heavy (non-hydrogen) atoms. The minimum Gasteiger partial charge on any atom is -0.507 e. The van der Waals surface area contributed by atoms with Crippen molar-refractivity contribution < 1.29 is 20.1 Å². The minimum atomic E-state index is -1.04. The molecular formula is C22H19N3O4. The van der Waals surface area contributed by atoms with Gasteiger partial charge in [-0.15, -0.1) is 5.10 Å². The van der Waals surface area contributed by atoms with Gasteiger partial charge in [0.05, 0.1) is 16.8 Å². The Morgan fingerprint density at radius 1 is 1.00 bits per heavy atom. The van der Waals surface area contributed by atoms with Gasteiger partial charge in [-0.25, -0.2) is 14.5 Å². The quantitative estimate of drug-likeness (QED) is 0.433. The van der Waals surface area contributed by atoms with E-state index in [1.807, 2.05) is 0 Å². The van der Waals surface area contributed by atoms with Crippen molar-refractivity contribution in [3.8, 4) is 34.3 Å². The summed E-state index contributed by atoms with van der Waals surface area (Å²) in [5.41, 5.74) is 1.42. The van der Waals surface area contributed by atoms with Crippen molar-refractivity contribution >= 4 is 11.7 Å². The van der Waals surface area contributed by atoms with E-state index in [4.69, 9.17) is 5.11 Å². The molecule has 0 saturated carbocycles. The maximum Gasteiger partial charge on any atom is 0.331 e.